The molecule has 0 fully saturated rings. The molecule has 0 aromatic rings. The van der Waals surface area contributed by atoms with Crippen molar-refractivity contribution >= 4 is 5.97 Å². The van der Waals surface area contributed by atoms with E-state index in [9.17, 15) is 4.79 Å². The van der Waals surface area contributed by atoms with Gasteiger partial charge >= 0.3 is 5.97 Å². The second-order valence-corrected chi connectivity index (χ2v) is 2.46. The van der Waals surface area contributed by atoms with E-state index in [0.29, 0.717) is 6.42 Å². The average molecular weight is 162 g/mol. The van der Waals surface area contributed by atoms with Crippen LogP contribution in [0.4, 0.5) is 0 Å². The molecule has 2 N–H and O–H groups in total. The normalized spacial score (nSPS) is 11.5. The summed E-state index contributed by atoms with van der Waals surface area (Å²) in [4.78, 5) is 10.8. The molecule has 0 aliphatic carbocycles. The van der Waals surface area contributed by atoms with Crippen molar-refractivity contribution in [2.45, 2.75) is 46.1 Å². The second-order valence-electron chi connectivity index (χ2n) is 2.46. The van der Waals surface area contributed by atoms with Crippen LogP contribution in [0.15, 0.2) is 0 Å². The summed E-state index contributed by atoms with van der Waals surface area (Å²) in [6, 6.07) is 0. The molecular formula is C8H18O3. The number of hydrogen-bond acceptors (Lipinski definition) is 2. The smallest absolute Gasteiger partial charge is 0.306 e. The molecule has 11 heavy (non-hydrogen) atoms. The van der Waals surface area contributed by atoms with Crippen molar-refractivity contribution in [2.24, 2.45) is 0 Å². The van der Waals surface area contributed by atoms with Crippen LogP contribution in [-0.4, -0.2) is 17.5 Å². The number of carbonyl (C=O) groups excluding carboxylic acids is 1. The fourth-order valence-electron chi connectivity index (χ4n) is 0.571. The zero-order valence-electron chi connectivity index (χ0n) is 7.52. The molecule has 68 valence electrons. The third kappa shape index (κ3) is 7.33. The minimum atomic E-state index is -0.0724. The summed E-state index contributed by atoms with van der Waals surface area (Å²) in [5.41, 5.74) is 0. The fraction of sp³-hybridized carbons (Fsp3) is 0.875. The summed E-state index contributed by atoms with van der Waals surface area (Å²) in [5, 5.41) is 0. The lowest BCUT2D eigenvalue weighted by Gasteiger charge is -2.09. The molecular weight excluding hydrogens is 144 g/mol. The number of ether oxygens (including phenoxy) is 1. The van der Waals surface area contributed by atoms with Gasteiger partial charge in [0, 0.05) is 6.42 Å². The van der Waals surface area contributed by atoms with E-state index in [0.717, 1.165) is 12.8 Å². The lowest BCUT2D eigenvalue weighted by atomic mass is 10.3. The molecule has 0 amide bonds. The van der Waals surface area contributed by atoms with Gasteiger partial charge in [0.2, 0.25) is 0 Å². The van der Waals surface area contributed by atoms with E-state index >= 15 is 0 Å². The van der Waals surface area contributed by atoms with Crippen LogP contribution in [0.5, 0.6) is 0 Å². The van der Waals surface area contributed by atoms with Crippen molar-refractivity contribution in [3.8, 4) is 0 Å². The van der Waals surface area contributed by atoms with Gasteiger partial charge in [-0.25, -0.2) is 0 Å². The first kappa shape index (κ1) is 13.1. The predicted octanol–water partition coefficient (Wildman–Crippen LogP) is 1.30. The van der Waals surface area contributed by atoms with Crippen molar-refractivity contribution in [1.29, 1.82) is 0 Å². The largest absolute Gasteiger partial charge is 0.463 e. The minimum Gasteiger partial charge on any atom is -0.463 e. The van der Waals surface area contributed by atoms with Crippen LogP contribution in [0.25, 0.3) is 0 Å². The molecule has 0 aliphatic rings. The van der Waals surface area contributed by atoms with E-state index in [-0.39, 0.29) is 17.5 Å². The lowest BCUT2D eigenvalue weighted by molar-refractivity contribution is -0.148. The van der Waals surface area contributed by atoms with Gasteiger partial charge in [0.15, 0.2) is 0 Å². The van der Waals surface area contributed by atoms with Crippen LogP contribution in [0.1, 0.15) is 40.0 Å². The molecule has 0 aromatic heterocycles. The van der Waals surface area contributed by atoms with Crippen molar-refractivity contribution in [1.82, 2.24) is 0 Å². The van der Waals surface area contributed by atoms with E-state index < -0.39 is 0 Å². The Balaban J connectivity index is 0. The lowest BCUT2D eigenvalue weighted by Crippen LogP contribution is -2.12. The zero-order chi connectivity index (χ0) is 7.98. The van der Waals surface area contributed by atoms with E-state index in [4.69, 9.17) is 4.74 Å². The SMILES string of the molecule is CCCC(=O)OC(C)CC.O. The number of esters is 1. The molecule has 3 heteroatoms. The third-order valence-electron chi connectivity index (χ3n) is 1.36. The van der Waals surface area contributed by atoms with Crippen LogP contribution in [0.3, 0.4) is 0 Å². The minimum absolute atomic E-state index is 0. The molecule has 1 atom stereocenters. The van der Waals surface area contributed by atoms with E-state index in [2.05, 4.69) is 0 Å². The van der Waals surface area contributed by atoms with Crippen molar-refractivity contribution < 1.29 is 15.0 Å². The first-order chi connectivity index (χ1) is 4.70. The Labute approximate surface area is 68.0 Å². The van der Waals surface area contributed by atoms with Gasteiger partial charge in [0.05, 0.1) is 6.10 Å². The predicted molar refractivity (Wildman–Crippen MR) is 44.4 cm³/mol. The Bertz CT molecular complexity index is 102. The van der Waals surface area contributed by atoms with Gasteiger partial charge in [0.25, 0.3) is 0 Å². The second kappa shape index (κ2) is 7.54. The Hall–Kier alpha value is -0.570. The summed E-state index contributed by atoms with van der Waals surface area (Å²) in [6.07, 6.45) is 2.40. The highest BCUT2D eigenvalue weighted by Crippen LogP contribution is 1.99. The fourth-order valence-corrected chi connectivity index (χ4v) is 0.571. The summed E-state index contributed by atoms with van der Waals surface area (Å²) in [6.45, 7) is 5.88. The summed E-state index contributed by atoms with van der Waals surface area (Å²) in [7, 11) is 0. The first-order valence-electron chi connectivity index (χ1n) is 3.90. The topological polar surface area (TPSA) is 57.8 Å². The van der Waals surface area contributed by atoms with E-state index in [1.54, 1.807) is 0 Å². The molecule has 0 saturated carbocycles. The highest BCUT2D eigenvalue weighted by Gasteiger charge is 2.04. The Morgan fingerprint density at radius 1 is 1.45 bits per heavy atom. The maximum Gasteiger partial charge on any atom is 0.306 e. The highest BCUT2D eigenvalue weighted by molar-refractivity contribution is 5.69. The Kier molecular flexibility index (Phi) is 8.94. The molecule has 1 unspecified atom stereocenters. The van der Waals surface area contributed by atoms with Gasteiger partial charge in [-0.1, -0.05) is 13.8 Å². The highest BCUT2D eigenvalue weighted by atomic mass is 16.5. The van der Waals surface area contributed by atoms with Gasteiger partial charge in [-0.3, -0.25) is 4.79 Å². The van der Waals surface area contributed by atoms with Crippen LogP contribution in [0, 0.1) is 0 Å². The summed E-state index contributed by atoms with van der Waals surface area (Å²) >= 11 is 0. The molecule has 0 saturated heterocycles. The molecule has 0 spiro atoms. The number of carbonyl (C=O) groups is 1. The Morgan fingerprint density at radius 2 is 2.00 bits per heavy atom. The third-order valence-corrected chi connectivity index (χ3v) is 1.36. The van der Waals surface area contributed by atoms with Crippen LogP contribution in [0.2, 0.25) is 0 Å². The summed E-state index contributed by atoms with van der Waals surface area (Å²) in [5.74, 6) is -0.0724. The van der Waals surface area contributed by atoms with Gasteiger partial charge < -0.3 is 10.2 Å². The van der Waals surface area contributed by atoms with Gasteiger partial charge in [-0.2, -0.15) is 0 Å². The van der Waals surface area contributed by atoms with Crippen LogP contribution < -0.4 is 0 Å². The van der Waals surface area contributed by atoms with Crippen molar-refractivity contribution in [3.63, 3.8) is 0 Å². The molecule has 0 aromatic carbocycles. The monoisotopic (exact) mass is 162 g/mol. The number of hydrogen-bond donors (Lipinski definition) is 0. The van der Waals surface area contributed by atoms with Crippen LogP contribution >= 0.6 is 0 Å². The van der Waals surface area contributed by atoms with E-state index in [1.807, 2.05) is 20.8 Å². The Morgan fingerprint density at radius 3 is 2.36 bits per heavy atom. The maximum atomic E-state index is 10.8. The van der Waals surface area contributed by atoms with E-state index in [1.165, 1.54) is 0 Å². The summed E-state index contributed by atoms with van der Waals surface area (Å²) < 4.78 is 5.00. The molecule has 0 rings (SSSR count). The molecule has 0 radical (unpaired) electrons. The molecule has 0 heterocycles. The van der Waals surface area contributed by atoms with Crippen LogP contribution in [-0.2, 0) is 9.53 Å². The van der Waals surface area contributed by atoms with Gasteiger partial charge in [-0.05, 0) is 19.8 Å². The maximum absolute atomic E-state index is 10.8. The van der Waals surface area contributed by atoms with Gasteiger partial charge in [-0.15, -0.1) is 0 Å². The average Bonchev–Trinajstić information content (AvgIpc) is 1.88. The van der Waals surface area contributed by atoms with Gasteiger partial charge in [0.1, 0.15) is 0 Å². The quantitative estimate of drug-likeness (QED) is 0.585. The number of rotatable bonds is 4. The molecule has 0 aliphatic heterocycles. The first-order valence-corrected chi connectivity index (χ1v) is 3.90. The standard InChI is InChI=1S/C8H16O2.H2O/c1-4-6-8(9)10-7(3)5-2;/h7H,4-6H2,1-3H3;1H2. The van der Waals surface area contributed by atoms with Crippen molar-refractivity contribution in [2.75, 3.05) is 0 Å². The van der Waals surface area contributed by atoms with Crippen molar-refractivity contribution in [3.05, 3.63) is 0 Å². The zero-order valence-corrected chi connectivity index (χ0v) is 7.52. The molecule has 0 bridgehead atoms. The molecule has 3 nitrogen and oxygen atoms in total.